The number of rotatable bonds is 4. The molecule has 7 heteroatoms. The molecule has 0 bridgehead atoms. The van der Waals surface area contributed by atoms with Crippen molar-refractivity contribution < 1.29 is 13.2 Å². The van der Waals surface area contributed by atoms with Gasteiger partial charge in [-0.1, -0.05) is 49.4 Å². The zero-order valence-corrected chi connectivity index (χ0v) is 19.5. The zero-order valence-electron chi connectivity index (χ0n) is 18.6. The van der Waals surface area contributed by atoms with Crippen molar-refractivity contribution in [1.29, 1.82) is 0 Å². The van der Waals surface area contributed by atoms with Crippen molar-refractivity contribution in [2.24, 2.45) is 0 Å². The van der Waals surface area contributed by atoms with E-state index in [0.717, 1.165) is 36.3 Å². The van der Waals surface area contributed by atoms with E-state index in [9.17, 15) is 13.2 Å². The van der Waals surface area contributed by atoms with Crippen LogP contribution >= 0.6 is 0 Å². The molecule has 0 unspecified atom stereocenters. The van der Waals surface area contributed by atoms with Crippen LogP contribution in [0.5, 0.6) is 0 Å². The number of aryl methyl sites for hydroxylation is 1. The summed E-state index contributed by atoms with van der Waals surface area (Å²) in [5, 5.41) is 0. The smallest absolute Gasteiger partial charge is 0.265 e. The van der Waals surface area contributed by atoms with E-state index < -0.39 is 10.0 Å². The van der Waals surface area contributed by atoms with Gasteiger partial charge < -0.3 is 9.80 Å². The number of nitrogens with zero attached hydrogens (tertiary/aromatic N) is 3. The van der Waals surface area contributed by atoms with E-state index in [1.807, 2.05) is 48.5 Å². The zero-order chi connectivity index (χ0) is 23.0. The van der Waals surface area contributed by atoms with Crippen molar-refractivity contribution in [2.75, 3.05) is 41.9 Å². The molecule has 0 spiro atoms. The minimum atomic E-state index is -3.83. The highest BCUT2D eigenvalue weighted by Gasteiger charge is 2.37. The number of hydrogen-bond donors (Lipinski definition) is 0. The van der Waals surface area contributed by atoms with Gasteiger partial charge in [0, 0.05) is 43.0 Å². The fourth-order valence-corrected chi connectivity index (χ4v) is 6.29. The van der Waals surface area contributed by atoms with Gasteiger partial charge in [-0.25, -0.2) is 8.42 Å². The Balaban J connectivity index is 1.40. The van der Waals surface area contributed by atoms with E-state index in [2.05, 4.69) is 24.0 Å². The number of carbonyl (C=O) groups is 1. The Morgan fingerprint density at radius 2 is 1.55 bits per heavy atom. The van der Waals surface area contributed by atoms with Crippen molar-refractivity contribution in [2.45, 2.75) is 18.2 Å². The molecule has 6 nitrogen and oxygen atoms in total. The van der Waals surface area contributed by atoms with Crippen LogP contribution in [0, 0.1) is 0 Å². The van der Waals surface area contributed by atoms with Gasteiger partial charge in [-0.15, -0.1) is 0 Å². The summed E-state index contributed by atoms with van der Waals surface area (Å²) in [7, 11) is -3.83. The molecule has 0 aliphatic carbocycles. The highest BCUT2D eigenvalue weighted by Crippen LogP contribution is 2.43. The normalized spacial score (nSPS) is 16.8. The molecule has 1 saturated heterocycles. The van der Waals surface area contributed by atoms with E-state index in [1.54, 1.807) is 17.0 Å². The largest absolute Gasteiger partial charge is 0.368 e. The van der Waals surface area contributed by atoms with Gasteiger partial charge in [-0.05, 0) is 42.3 Å². The Kier molecular flexibility index (Phi) is 5.58. The Bertz CT molecular complexity index is 1280. The third kappa shape index (κ3) is 3.86. The molecule has 2 aliphatic rings. The maximum absolute atomic E-state index is 13.5. The van der Waals surface area contributed by atoms with Crippen LogP contribution in [0.25, 0.3) is 11.1 Å². The van der Waals surface area contributed by atoms with E-state index >= 15 is 0 Å². The van der Waals surface area contributed by atoms with Crippen LogP contribution in [0.1, 0.15) is 12.5 Å². The number of anilines is 2. The van der Waals surface area contributed by atoms with Gasteiger partial charge in [0.2, 0.25) is 5.91 Å². The van der Waals surface area contributed by atoms with Gasteiger partial charge >= 0.3 is 0 Å². The number of carbonyl (C=O) groups excluding carboxylic acids is 1. The number of benzene rings is 3. The Morgan fingerprint density at radius 1 is 0.848 bits per heavy atom. The molecule has 0 atom stereocenters. The first-order chi connectivity index (χ1) is 16.0. The number of hydrogen-bond acceptors (Lipinski definition) is 4. The summed E-state index contributed by atoms with van der Waals surface area (Å²) >= 11 is 0. The molecule has 3 aromatic rings. The van der Waals surface area contributed by atoms with Crippen molar-refractivity contribution in [3.05, 3.63) is 78.4 Å². The van der Waals surface area contributed by atoms with Crippen LogP contribution in [-0.2, 0) is 21.2 Å². The lowest BCUT2D eigenvalue weighted by Gasteiger charge is -2.38. The van der Waals surface area contributed by atoms with Crippen LogP contribution in [0.15, 0.2) is 77.7 Å². The van der Waals surface area contributed by atoms with Gasteiger partial charge in [-0.2, -0.15) is 0 Å². The monoisotopic (exact) mass is 461 g/mol. The summed E-state index contributed by atoms with van der Waals surface area (Å²) in [5.41, 5.74) is 4.40. The lowest BCUT2D eigenvalue weighted by Crippen LogP contribution is -2.52. The van der Waals surface area contributed by atoms with Crippen molar-refractivity contribution in [3.8, 4) is 11.1 Å². The molecule has 0 saturated carbocycles. The number of para-hydroxylation sites is 1. The molecule has 1 amide bonds. The highest BCUT2D eigenvalue weighted by molar-refractivity contribution is 7.93. The van der Waals surface area contributed by atoms with E-state index in [1.165, 1.54) is 4.31 Å². The van der Waals surface area contributed by atoms with Crippen LogP contribution in [-0.4, -0.2) is 51.9 Å². The predicted molar refractivity (Wildman–Crippen MR) is 131 cm³/mol. The second kappa shape index (κ2) is 8.56. The molecule has 170 valence electrons. The quantitative estimate of drug-likeness (QED) is 0.593. The molecular weight excluding hydrogens is 434 g/mol. The summed E-state index contributed by atoms with van der Waals surface area (Å²) in [6, 6.07) is 23.0. The first kappa shape index (κ1) is 21.5. The molecule has 0 aromatic heterocycles. The van der Waals surface area contributed by atoms with Gasteiger partial charge in [-0.3, -0.25) is 9.10 Å². The van der Waals surface area contributed by atoms with Gasteiger partial charge in [0.15, 0.2) is 0 Å². The molecule has 1 fully saturated rings. The van der Waals surface area contributed by atoms with E-state index in [0.29, 0.717) is 24.3 Å². The fraction of sp³-hybridized carbons (Fsp3) is 0.269. The third-order valence-electron chi connectivity index (χ3n) is 6.52. The number of sulfonamides is 1. The number of fused-ring (bicyclic) bond motifs is 3. The lowest BCUT2D eigenvalue weighted by molar-refractivity contribution is -0.129. The average molecular weight is 462 g/mol. The second-order valence-electron chi connectivity index (χ2n) is 8.42. The minimum absolute atomic E-state index is 0.170. The summed E-state index contributed by atoms with van der Waals surface area (Å²) in [6.07, 6.45) is 0.854. The first-order valence-electron chi connectivity index (χ1n) is 11.3. The maximum atomic E-state index is 13.5. The fourth-order valence-electron chi connectivity index (χ4n) is 4.64. The Labute approximate surface area is 195 Å². The minimum Gasteiger partial charge on any atom is -0.368 e. The van der Waals surface area contributed by atoms with Crippen LogP contribution in [0.3, 0.4) is 0 Å². The third-order valence-corrected chi connectivity index (χ3v) is 8.33. The van der Waals surface area contributed by atoms with Crippen molar-refractivity contribution in [3.63, 3.8) is 0 Å². The second-order valence-corrected chi connectivity index (χ2v) is 10.2. The average Bonchev–Trinajstić information content (AvgIpc) is 2.87. The number of amides is 1. The molecular formula is C26H27N3O3S. The van der Waals surface area contributed by atoms with Crippen molar-refractivity contribution >= 4 is 27.3 Å². The summed E-state index contributed by atoms with van der Waals surface area (Å²) in [6.45, 7) is 4.47. The van der Waals surface area contributed by atoms with Gasteiger partial charge in [0.25, 0.3) is 10.0 Å². The van der Waals surface area contributed by atoms with Gasteiger partial charge in [0.05, 0.1) is 10.6 Å². The van der Waals surface area contributed by atoms with E-state index in [4.69, 9.17) is 0 Å². The molecule has 0 radical (unpaired) electrons. The Hall–Kier alpha value is -3.32. The topological polar surface area (TPSA) is 60.9 Å². The summed E-state index contributed by atoms with van der Waals surface area (Å²) in [4.78, 5) is 17.5. The standard InChI is InChI=1S/C26H27N3O3S/c1-2-20-12-13-24-23(18-20)22-10-6-7-11-25(22)33(31,32)29(24)19-26(30)28-16-14-27(15-17-28)21-8-4-3-5-9-21/h3-13,18H,2,14-17,19H2,1H3. The van der Waals surface area contributed by atoms with Crippen molar-refractivity contribution in [1.82, 2.24) is 4.90 Å². The number of piperazine rings is 1. The molecule has 5 rings (SSSR count). The van der Waals surface area contributed by atoms with Crippen LogP contribution in [0.2, 0.25) is 0 Å². The summed E-state index contributed by atoms with van der Waals surface area (Å²) in [5.74, 6) is -0.170. The Morgan fingerprint density at radius 3 is 2.27 bits per heavy atom. The molecule has 2 heterocycles. The molecule has 0 N–H and O–H groups in total. The van der Waals surface area contributed by atoms with Gasteiger partial charge in [0.1, 0.15) is 6.54 Å². The molecule has 3 aromatic carbocycles. The summed E-state index contributed by atoms with van der Waals surface area (Å²) < 4.78 is 28.3. The van der Waals surface area contributed by atoms with Crippen LogP contribution < -0.4 is 9.21 Å². The molecule has 2 aliphatic heterocycles. The first-order valence-corrected chi connectivity index (χ1v) is 12.8. The predicted octanol–water partition coefficient (Wildman–Crippen LogP) is 3.77. The highest BCUT2D eigenvalue weighted by atomic mass is 32.2. The molecule has 33 heavy (non-hydrogen) atoms. The SMILES string of the molecule is CCc1ccc2c(c1)-c1ccccc1S(=O)(=O)N2CC(=O)N1CCN(c2ccccc2)CC1. The van der Waals surface area contributed by atoms with E-state index in [-0.39, 0.29) is 17.3 Å². The van der Waals surface area contributed by atoms with Crippen LogP contribution in [0.4, 0.5) is 11.4 Å². The lowest BCUT2D eigenvalue weighted by atomic mass is 9.99. The maximum Gasteiger partial charge on any atom is 0.265 e.